The first-order chi connectivity index (χ1) is 16.9. The van der Waals surface area contributed by atoms with Crippen LogP contribution >= 0.6 is 11.3 Å². The minimum Gasteiger partial charge on any atom is -0.494 e. The number of rotatable bonds is 9. The maximum absolute atomic E-state index is 13.0. The maximum atomic E-state index is 13.0. The second kappa shape index (κ2) is 10.7. The van der Waals surface area contributed by atoms with Crippen molar-refractivity contribution >= 4 is 38.1 Å². The molecular weight excluding hydrogens is 482 g/mol. The zero-order chi connectivity index (χ0) is 24.8. The molecule has 0 unspecified atom stereocenters. The van der Waals surface area contributed by atoms with Gasteiger partial charge in [0.05, 0.1) is 28.4 Å². The van der Waals surface area contributed by atoms with Crippen molar-refractivity contribution in [3.8, 4) is 17.0 Å². The summed E-state index contributed by atoms with van der Waals surface area (Å²) >= 11 is 1.29. The van der Waals surface area contributed by atoms with Crippen molar-refractivity contribution in [3.63, 3.8) is 0 Å². The summed E-state index contributed by atoms with van der Waals surface area (Å²) in [7, 11) is -3.85. The molecule has 1 amide bonds. The van der Waals surface area contributed by atoms with E-state index in [1.54, 1.807) is 36.4 Å². The van der Waals surface area contributed by atoms with Crippen molar-refractivity contribution in [1.82, 2.24) is 4.98 Å². The SMILES string of the molecule is CCCOc1ccc(-c2csc(NC(=O)c3ccccc3NS(=O)(=O)c3ccc(C)cc3)n2)cc1. The van der Waals surface area contributed by atoms with E-state index in [1.807, 2.05) is 36.6 Å². The third-order valence-corrected chi connectivity index (χ3v) is 7.23. The van der Waals surface area contributed by atoms with E-state index in [4.69, 9.17) is 4.74 Å². The minimum absolute atomic E-state index is 0.119. The van der Waals surface area contributed by atoms with Gasteiger partial charge in [0.25, 0.3) is 15.9 Å². The minimum atomic E-state index is -3.85. The maximum Gasteiger partial charge on any atom is 0.261 e. The Morgan fingerprint density at radius 1 is 1.00 bits per heavy atom. The Hall–Kier alpha value is -3.69. The first-order valence-corrected chi connectivity index (χ1v) is 13.4. The van der Waals surface area contributed by atoms with Crippen LogP contribution in [0.2, 0.25) is 0 Å². The van der Waals surface area contributed by atoms with Crippen LogP contribution < -0.4 is 14.8 Å². The summed E-state index contributed by atoms with van der Waals surface area (Å²) in [5, 5.41) is 5.03. The van der Waals surface area contributed by atoms with Crippen LogP contribution in [0.4, 0.5) is 10.8 Å². The van der Waals surface area contributed by atoms with E-state index in [0.29, 0.717) is 11.7 Å². The van der Waals surface area contributed by atoms with E-state index in [-0.39, 0.29) is 16.1 Å². The van der Waals surface area contributed by atoms with Gasteiger partial charge in [0.15, 0.2) is 5.13 Å². The van der Waals surface area contributed by atoms with Crippen LogP contribution in [0.25, 0.3) is 11.3 Å². The van der Waals surface area contributed by atoms with Crippen molar-refractivity contribution in [2.45, 2.75) is 25.2 Å². The van der Waals surface area contributed by atoms with E-state index in [0.717, 1.165) is 29.0 Å². The summed E-state index contributed by atoms with van der Waals surface area (Å²) in [6.07, 6.45) is 0.938. The Morgan fingerprint density at radius 3 is 2.43 bits per heavy atom. The molecule has 2 N–H and O–H groups in total. The number of para-hydroxylation sites is 1. The average molecular weight is 508 g/mol. The highest BCUT2D eigenvalue weighted by Gasteiger charge is 2.19. The molecule has 0 aliphatic carbocycles. The van der Waals surface area contributed by atoms with Gasteiger partial charge in [-0.2, -0.15) is 0 Å². The van der Waals surface area contributed by atoms with Crippen LogP contribution in [-0.4, -0.2) is 25.9 Å². The standard InChI is InChI=1S/C26H25N3O4S2/c1-3-16-33-20-12-10-19(11-13-20)24-17-34-26(27-24)28-25(30)22-6-4-5-7-23(22)29-35(31,32)21-14-8-18(2)9-15-21/h4-15,17,29H,3,16H2,1-2H3,(H,27,28,30). The predicted octanol–water partition coefficient (Wildman–Crippen LogP) is 5.96. The van der Waals surface area contributed by atoms with E-state index in [2.05, 4.69) is 21.9 Å². The van der Waals surface area contributed by atoms with Crippen LogP contribution in [0, 0.1) is 6.92 Å². The van der Waals surface area contributed by atoms with Gasteiger partial charge < -0.3 is 4.74 Å². The molecule has 1 aromatic heterocycles. The number of hydrogen-bond acceptors (Lipinski definition) is 6. The Morgan fingerprint density at radius 2 is 1.71 bits per heavy atom. The molecule has 0 bridgehead atoms. The summed E-state index contributed by atoms with van der Waals surface area (Å²) in [5.41, 5.74) is 2.95. The lowest BCUT2D eigenvalue weighted by atomic mass is 10.1. The molecule has 0 atom stereocenters. The van der Waals surface area contributed by atoms with E-state index >= 15 is 0 Å². The molecule has 4 aromatic rings. The van der Waals surface area contributed by atoms with E-state index < -0.39 is 15.9 Å². The van der Waals surface area contributed by atoms with E-state index in [9.17, 15) is 13.2 Å². The fourth-order valence-electron chi connectivity index (χ4n) is 3.26. The quantitative estimate of drug-likeness (QED) is 0.291. The van der Waals surface area contributed by atoms with Crippen LogP contribution in [0.15, 0.2) is 83.1 Å². The molecule has 0 radical (unpaired) electrons. The molecule has 0 saturated carbocycles. The van der Waals surface area contributed by atoms with Crippen molar-refractivity contribution < 1.29 is 17.9 Å². The highest BCUT2D eigenvalue weighted by molar-refractivity contribution is 7.92. The van der Waals surface area contributed by atoms with Gasteiger partial charge in [-0.3, -0.25) is 14.8 Å². The Labute approximate surface area is 208 Å². The zero-order valence-electron chi connectivity index (χ0n) is 19.3. The monoisotopic (exact) mass is 507 g/mol. The normalized spacial score (nSPS) is 11.1. The number of ether oxygens (including phenoxy) is 1. The van der Waals surface area contributed by atoms with Gasteiger partial charge in [0.1, 0.15) is 5.75 Å². The number of aryl methyl sites for hydroxylation is 1. The van der Waals surface area contributed by atoms with Crippen LogP contribution in [0.5, 0.6) is 5.75 Å². The fraction of sp³-hybridized carbons (Fsp3) is 0.154. The number of hydrogen-bond donors (Lipinski definition) is 2. The summed E-state index contributed by atoms with van der Waals surface area (Å²) in [6.45, 7) is 4.59. The van der Waals surface area contributed by atoms with Crippen molar-refractivity contribution in [1.29, 1.82) is 0 Å². The molecule has 0 saturated heterocycles. The van der Waals surface area contributed by atoms with Gasteiger partial charge in [-0.25, -0.2) is 13.4 Å². The van der Waals surface area contributed by atoms with Crippen molar-refractivity contribution in [3.05, 3.63) is 89.3 Å². The first kappa shape index (κ1) is 24.4. The molecule has 180 valence electrons. The molecule has 1 heterocycles. The predicted molar refractivity (Wildman–Crippen MR) is 140 cm³/mol. The summed E-state index contributed by atoms with van der Waals surface area (Å²) in [4.78, 5) is 17.6. The lowest BCUT2D eigenvalue weighted by Crippen LogP contribution is -2.18. The number of aromatic nitrogens is 1. The van der Waals surface area contributed by atoms with Gasteiger partial charge in [0, 0.05) is 10.9 Å². The van der Waals surface area contributed by atoms with Gasteiger partial charge in [-0.15, -0.1) is 11.3 Å². The van der Waals surface area contributed by atoms with Crippen LogP contribution in [-0.2, 0) is 10.0 Å². The highest BCUT2D eigenvalue weighted by Crippen LogP contribution is 2.28. The Balaban J connectivity index is 1.49. The highest BCUT2D eigenvalue weighted by atomic mass is 32.2. The molecule has 0 spiro atoms. The van der Waals surface area contributed by atoms with Gasteiger partial charge in [0.2, 0.25) is 0 Å². The van der Waals surface area contributed by atoms with Crippen LogP contribution in [0.1, 0.15) is 29.3 Å². The molecule has 0 fully saturated rings. The molecule has 0 aliphatic rings. The third-order valence-electron chi connectivity index (χ3n) is 5.09. The van der Waals surface area contributed by atoms with Gasteiger partial charge in [-0.05, 0) is 61.9 Å². The number of thiazole rings is 1. The number of benzene rings is 3. The number of carbonyl (C=O) groups is 1. The largest absolute Gasteiger partial charge is 0.494 e. The molecule has 35 heavy (non-hydrogen) atoms. The Kier molecular flexibility index (Phi) is 7.48. The number of sulfonamides is 1. The van der Waals surface area contributed by atoms with Gasteiger partial charge in [-0.1, -0.05) is 36.8 Å². The average Bonchev–Trinajstić information content (AvgIpc) is 3.32. The lowest BCUT2D eigenvalue weighted by Gasteiger charge is -2.12. The zero-order valence-corrected chi connectivity index (χ0v) is 20.9. The van der Waals surface area contributed by atoms with E-state index in [1.165, 1.54) is 23.5 Å². The smallest absolute Gasteiger partial charge is 0.261 e. The number of nitrogens with one attached hydrogen (secondary N) is 2. The molecular formula is C26H25N3O4S2. The fourth-order valence-corrected chi connectivity index (χ4v) is 5.06. The molecule has 7 nitrogen and oxygen atoms in total. The topological polar surface area (TPSA) is 97.4 Å². The third kappa shape index (κ3) is 6.06. The van der Waals surface area contributed by atoms with Crippen molar-refractivity contribution in [2.24, 2.45) is 0 Å². The molecule has 9 heteroatoms. The Bertz CT molecular complexity index is 1410. The summed E-state index contributed by atoms with van der Waals surface area (Å²) in [6, 6.07) is 20.6. The molecule has 4 rings (SSSR count). The number of anilines is 2. The van der Waals surface area contributed by atoms with Crippen molar-refractivity contribution in [2.75, 3.05) is 16.6 Å². The van der Waals surface area contributed by atoms with Crippen LogP contribution in [0.3, 0.4) is 0 Å². The molecule has 3 aromatic carbocycles. The lowest BCUT2D eigenvalue weighted by molar-refractivity contribution is 0.102. The second-order valence-corrected chi connectivity index (χ2v) is 10.4. The number of carbonyl (C=O) groups excluding carboxylic acids is 1. The molecule has 0 aliphatic heterocycles. The summed E-state index contributed by atoms with van der Waals surface area (Å²) in [5.74, 6) is 0.334. The van der Waals surface area contributed by atoms with Gasteiger partial charge >= 0.3 is 0 Å². The number of amides is 1. The first-order valence-electron chi connectivity index (χ1n) is 11.0. The number of nitrogens with zero attached hydrogens (tertiary/aromatic N) is 1. The second-order valence-electron chi connectivity index (χ2n) is 7.83. The summed E-state index contributed by atoms with van der Waals surface area (Å²) < 4.78 is 33.8.